The van der Waals surface area contributed by atoms with Gasteiger partial charge in [-0.05, 0) is 31.5 Å². The predicted octanol–water partition coefficient (Wildman–Crippen LogP) is 2.51. The lowest BCUT2D eigenvalue weighted by Crippen LogP contribution is -2.43. The van der Waals surface area contributed by atoms with Crippen molar-refractivity contribution >= 4 is 22.9 Å². The first-order chi connectivity index (χ1) is 8.24. The third kappa shape index (κ3) is 3.20. The van der Waals surface area contributed by atoms with Crippen LogP contribution in [-0.4, -0.2) is 37.7 Å². The van der Waals surface area contributed by atoms with Crippen molar-refractivity contribution < 1.29 is 4.74 Å². The van der Waals surface area contributed by atoms with Gasteiger partial charge in [0.15, 0.2) is 0 Å². The van der Waals surface area contributed by atoms with E-state index in [1.54, 1.807) is 18.4 Å². The van der Waals surface area contributed by atoms with Crippen LogP contribution in [0.4, 0.5) is 0 Å². The summed E-state index contributed by atoms with van der Waals surface area (Å²) in [6.07, 6.45) is 2.66. The highest BCUT2D eigenvalue weighted by Crippen LogP contribution is 2.31. The van der Waals surface area contributed by atoms with Crippen molar-refractivity contribution in [3.05, 3.63) is 21.3 Å². The van der Waals surface area contributed by atoms with Crippen LogP contribution in [-0.2, 0) is 4.74 Å². The molecule has 1 aromatic heterocycles. The van der Waals surface area contributed by atoms with E-state index in [4.69, 9.17) is 22.1 Å². The number of ether oxygens (including phenoxy) is 1. The topological polar surface area (TPSA) is 38.5 Å². The van der Waals surface area contributed by atoms with Crippen molar-refractivity contribution in [3.8, 4) is 0 Å². The highest BCUT2D eigenvalue weighted by Gasteiger charge is 2.26. The number of methoxy groups -OCH3 is 1. The molecule has 2 rings (SSSR count). The van der Waals surface area contributed by atoms with E-state index in [0.717, 1.165) is 23.8 Å². The SMILES string of the molecule is COC1CCCN(C(CN)c2ccc(Cl)s2)C1. The van der Waals surface area contributed by atoms with Gasteiger partial charge in [-0.25, -0.2) is 0 Å². The molecule has 0 aliphatic carbocycles. The number of rotatable bonds is 4. The molecule has 1 aromatic rings. The Morgan fingerprint density at radius 1 is 1.65 bits per heavy atom. The third-order valence-corrected chi connectivity index (χ3v) is 4.66. The van der Waals surface area contributed by atoms with Gasteiger partial charge in [0.1, 0.15) is 0 Å². The fraction of sp³-hybridized carbons (Fsp3) is 0.667. The van der Waals surface area contributed by atoms with Gasteiger partial charge < -0.3 is 10.5 Å². The molecule has 1 fully saturated rings. The fourth-order valence-corrected chi connectivity index (χ4v) is 3.60. The Bertz CT molecular complexity index is 358. The maximum Gasteiger partial charge on any atom is 0.0931 e. The molecule has 3 nitrogen and oxygen atoms in total. The molecule has 1 aliphatic heterocycles. The van der Waals surface area contributed by atoms with Gasteiger partial charge in [0.2, 0.25) is 0 Å². The minimum atomic E-state index is 0.283. The van der Waals surface area contributed by atoms with Gasteiger partial charge in [-0.1, -0.05) is 11.6 Å². The van der Waals surface area contributed by atoms with E-state index in [0.29, 0.717) is 12.6 Å². The Morgan fingerprint density at radius 3 is 3.06 bits per heavy atom. The van der Waals surface area contributed by atoms with Crippen molar-refractivity contribution in [2.45, 2.75) is 25.0 Å². The molecular formula is C12H19ClN2OS. The molecule has 1 saturated heterocycles. The van der Waals surface area contributed by atoms with Gasteiger partial charge in [0, 0.05) is 25.1 Å². The largest absolute Gasteiger partial charge is 0.380 e. The minimum absolute atomic E-state index is 0.283. The first-order valence-corrected chi connectivity index (χ1v) is 7.16. The van der Waals surface area contributed by atoms with Gasteiger partial charge >= 0.3 is 0 Å². The summed E-state index contributed by atoms with van der Waals surface area (Å²) in [5.74, 6) is 0. The lowest BCUT2D eigenvalue weighted by atomic mass is 10.0. The van der Waals surface area contributed by atoms with Crippen LogP contribution in [0.1, 0.15) is 23.8 Å². The second-order valence-electron chi connectivity index (χ2n) is 4.39. The van der Waals surface area contributed by atoms with Gasteiger partial charge in [-0.15, -0.1) is 11.3 Å². The monoisotopic (exact) mass is 274 g/mol. The number of thiophene rings is 1. The van der Waals surface area contributed by atoms with Crippen LogP contribution in [0.5, 0.6) is 0 Å². The number of hydrogen-bond donors (Lipinski definition) is 1. The Morgan fingerprint density at radius 2 is 2.47 bits per heavy atom. The van der Waals surface area contributed by atoms with Crippen LogP contribution >= 0.6 is 22.9 Å². The Balaban J connectivity index is 2.07. The standard InChI is InChI=1S/C12H19ClN2OS/c1-16-9-3-2-6-15(8-9)10(7-14)11-4-5-12(13)17-11/h4-5,9-10H,2-3,6-8,14H2,1H3. The number of likely N-dealkylation sites (tertiary alicyclic amines) is 1. The summed E-state index contributed by atoms with van der Waals surface area (Å²) in [7, 11) is 1.79. The molecule has 2 N–H and O–H groups in total. The van der Waals surface area contributed by atoms with E-state index in [-0.39, 0.29) is 6.04 Å². The molecule has 0 bridgehead atoms. The molecule has 0 spiro atoms. The van der Waals surface area contributed by atoms with Crippen molar-refractivity contribution in [1.82, 2.24) is 4.90 Å². The second kappa shape index (κ2) is 6.16. The number of halogens is 1. The number of piperidine rings is 1. The van der Waals surface area contributed by atoms with Crippen LogP contribution in [0.15, 0.2) is 12.1 Å². The predicted molar refractivity (Wildman–Crippen MR) is 72.7 cm³/mol. The van der Waals surface area contributed by atoms with Gasteiger partial charge in [0.25, 0.3) is 0 Å². The van der Waals surface area contributed by atoms with E-state index in [2.05, 4.69) is 11.0 Å². The lowest BCUT2D eigenvalue weighted by Gasteiger charge is -2.36. The Kier molecular flexibility index (Phi) is 4.82. The molecule has 2 heterocycles. The maximum atomic E-state index is 5.99. The molecule has 0 amide bonds. The van der Waals surface area contributed by atoms with E-state index in [1.165, 1.54) is 11.3 Å². The summed E-state index contributed by atoms with van der Waals surface area (Å²) in [5.41, 5.74) is 5.91. The molecule has 0 radical (unpaired) electrons. The summed E-state index contributed by atoms with van der Waals surface area (Å²) >= 11 is 7.62. The third-order valence-electron chi connectivity index (χ3n) is 3.33. The first-order valence-electron chi connectivity index (χ1n) is 5.96. The quantitative estimate of drug-likeness (QED) is 0.917. The molecule has 96 valence electrons. The maximum absolute atomic E-state index is 5.99. The van der Waals surface area contributed by atoms with E-state index < -0.39 is 0 Å². The average molecular weight is 275 g/mol. The minimum Gasteiger partial charge on any atom is -0.380 e. The van der Waals surface area contributed by atoms with E-state index in [1.807, 2.05) is 6.07 Å². The summed E-state index contributed by atoms with van der Waals surface area (Å²) in [6, 6.07) is 4.31. The van der Waals surface area contributed by atoms with Crippen LogP contribution in [0, 0.1) is 0 Å². The van der Waals surface area contributed by atoms with Crippen LogP contribution < -0.4 is 5.73 Å². The van der Waals surface area contributed by atoms with Crippen molar-refractivity contribution in [1.29, 1.82) is 0 Å². The number of hydrogen-bond acceptors (Lipinski definition) is 4. The van der Waals surface area contributed by atoms with Crippen molar-refractivity contribution in [2.24, 2.45) is 5.73 Å². The van der Waals surface area contributed by atoms with Crippen LogP contribution in [0.3, 0.4) is 0 Å². The summed E-state index contributed by atoms with van der Waals surface area (Å²) in [4.78, 5) is 3.68. The van der Waals surface area contributed by atoms with Crippen molar-refractivity contribution in [2.75, 3.05) is 26.7 Å². The summed E-state index contributed by atoms with van der Waals surface area (Å²) in [5, 5.41) is 0. The molecule has 2 atom stereocenters. The zero-order chi connectivity index (χ0) is 12.3. The molecular weight excluding hydrogens is 256 g/mol. The Labute approximate surface area is 112 Å². The van der Waals surface area contributed by atoms with E-state index in [9.17, 15) is 0 Å². The van der Waals surface area contributed by atoms with E-state index >= 15 is 0 Å². The van der Waals surface area contributed by atoms with Gasteiger partial charge in [-0.3, -0.25) is 4.90 Å². The zero-order valence-electron chi connectivity index (χ0n) is 10.1. The second-order valence-corrected chi connectivity index (χ2v) is 6.13. The molecule has 0 saturated carbocycles. The average Bonchev–Trinajstić information content (AvgIpc) is 2.77. The summed E-state index contributed by atoms with van der Waals surface area (Å²) < 4.78 is 6.28. The highest BCUT2D eigenvalue weighted by atomic mass is 35.5. The smallest absolute Gasteiger partial charge is 0.0931 e. The highest BCUT2D eigenvalue weighted by molar-refractivity contribution is 7.16. The van der Waals surface area contributed by atoms with Crippen LogP contribution in [0.25, 0.3) is 0 Å². The normalized spacial score (nSPS) is 23.8. The number of nitrogens with two attached hydrogens (primary N) is 1. The van der Waals surface area contributed by atoms with Crippen molar-refractivity contribution in [3.63, 3.8) is 0 Å². The molecule has 1 aliphatic rings. The Hall–Kier alpha value is -0.130. The molecule has 0 aromatic carbocycles. The lowest BCUT2D eigenvalue weighted by molar-refractivity contribution is 0.0161. The van der Waals surface area contributed by atoms with Gasteiger partial charge in [-0.2, -0.15) is 0 Å². The number of nitrogens with zero attached hydrogens (tertiary/aromatic N) is 1. The molecule has 17 heavy (non-hydrogen) atoms. The molecule has 2 unspecified atom stereocenters. The fourth-order valence-electron chi connectivity index (χ4n) is 2.39. The first kappa shape index (κ1) is 13.3. The van der Waals surface area contributed by atoms with Gasteiger partial charge in [0.05, 0.1) is 16.5 Å². The van der Waals surface area contributed by atoms with Crippen LogP contribution in [0.2, 0.25) is 4.34 Å². The summed E-state index contributed by atoms with van der Waals surface area (Å²) in [6.45, 7) is 2.69. The zero-order valence-corrected chi connectivity index (χ0v) is 11.6. The molecule has 5 heteroatoms.